The predicted molar refractivity (Wildman–Crippen MR) is 113 cm³/mol. The molecule has 0 saturated carbocycles. The van der Waals surface area contributed by atoms with Gasteiger partial charge in [-0.1, -0.05) is 36.4 Å². The molecule has 0 aliphatic rings. The molecule has 2 aromatic carbocycles. The Balaban J connectivity index is 1.55. The second-order valence-electron chi connectivity index (χ2n) is 6.53. The van der Waals surface area contributed by atoms with Gasteiger partial charge in [0.25, 0.3) is 0 Å². The normalized spacial score (nSPS) is 11.9. The van der Waals surface area contributed by atoms with E-state index in [-0.39, 0.29) is 6.04 Å². The number of nitrogens with zero attached hydrogens (tertiary/aromatic N) is 1. The molecule has 0 amide bonds. The Kier molecular flexibility index (Phi) is 5.93. The summed E-state index contributed by atoms with van der Waals surface area (Å²) in [6.45, 7) is 0.739. The van der Waals surface area contributed by atoms with Crippen molar-refractivity contribution < 1.29 is 19.2 Å². The lowest BCUT2D eigenvalue weighted by Gasteiger charge is -2.13. The number of quaternary nitrogens is 1. The third-order valence-corrected chi connectivity index (χ3v) is 5.68. The van der Waals surface area contributed by atoms with Gasteiger partial charge < -0.3 is 19.2 Å². The summed E-state index contributed by atoms with van der Waals surface area (Å²) in [6, 6.07) is 20.2. The minimum absolute atomic E-state index is 0.0858. The number of methoxy groups -OCH3 is 2. The molecule has 0 aliphatic heterocycles. The van der Waals surface area contributed by atoms with E-state index in [1.807, 2.05) is 36.4 Å². The summed E-state index contributed by atoms with van der Waals surface area (Å²) in [5.74, 6) is 2.34. The fraction of sp³-hybridized carbons (Fsp3) is 0.174. The van der Waals surface area contributed by atoms with Gasteiger partial charge in [-0.05, 0) is 24.3 Å². The van der Waals surface area contributed by atoms with Gasteiger partial charge in [-0.2, -0.15) is 0 Å². The summed E-state index contributed by atoms with van der Waals surface area (Å²) < 4.78 is 16.7. The summed E-state index contributed by atoms with van der Waals surface area (Å²) in [5.41, 5.74) is 3.16. The second kappa shape index (κ2) is 8.94. The first-order valence-electron chi connectivity index (χ1n) is 9.37. The Bertz CT molecular complexity index is 1050. The zero-order valence-electron chi connectivity index (χ0n) is 16.4. The van der Waals surface area contributed by atoms with Gasteiger partial charge in [0.05, 0.1) is 26.0 Å². The van der Waals surface area contributed by atoms with Crippen molar-refractivity contribution in [2.45, 2.75) is 12.6 Å². The average molecular weight is 408 g/mol. The molecule has 148 valence electrons. The van der Waals surface area contributed by atoms with Gasteiger partial charge in [0.1, 0.15) is 17.2 Å². The lowest BCUT2D eigenvalue weighted by atomic mass is 10.0. The second-order valence-corrected chi connectivity index (χ2v) is 7.39. The molecule has 2 heterocycles. The van der Waals surface area contributed by atoms with Crippen LogP contribution in [0.15, 0.2) is 76.7 Å². The topological polar surface area (TPSA) is 61.1 Å². The number of hydrogen-bond donors (Lipinski definition) is 1. The van der Waals surface area contributed by atoms with E-state index < -0.39 is 0 Å². The number of ether oxygens (including phenoxy) is 2. The van der Waals surface area contributed by atoms with Crippen LogP contribution in [0.2, 0.25) is 0 Å². The number of rotatable bonds is 8. The van der Waals surface area contributed by atoms with Crippen molar-refractivity contribution in [2.75, 3.05) is 14.2 Å². The van der Waals surface area contributed by atoms with E-state index >= 15 is 0 Å². The number of benzene rings is 2. The molecular formula is C23H23N2O3S+. The molecule has 0 radical (unpaired) electrons. The summed E-state index contributed by atoms with van der Waals surface area (Å²) in [7, 11) is 3.29. The first kappa shape index (κ1) is 19.2. The first-order valence-corrected chi connectivity index (χ1v) is 10.3. The molecule has 0 unspecified atom stereocenters. The van der Waals surface area contributed by atoms with Crippen LogP contribution in [0.4, 0.5) is 0 Å². The molecule has 2 N–H and O–H groups in total. The first-order chi connectivity index (χ1) is 14.3. The summed E-state index contributed by atoms with van der Waals surface area (Å²) in [5, 5.41) is 5.25. The third kappa shape index (κ3) is 4.18. The highest BCUT2D eigenvalue weighted by molar-refractivity contribution is 7.13. The van der Waals surface area contributed by atoms with Crippen LogP contribution in [-0.2, 0) is 6.54 Å². The van der Waals surface area contributed by atoms with E-state index in [1.54, 1.807) is 31.8 Å². The van der Waals surface area contributed by atoms with Crippen molar-refractivity contribution in [3.63, 3.8) is 0 Å². The number of thiazole rings is 1. The highest BCUT2D eigenvalue weighted by Gasteiger charge is 2.21. The van der Waals surface area contributed by atoms with Crippen molar-refractivity contribution in [2.24, 2.45) is 0 Å². The highest BCUT2D eigenvalue weighted by Crippen LogP contribution is 2.38. The van der Waals surface area contributed by atoms with Crippen molar-refractivity contribution in [3.05, 3.63) is 89.3 Å². The summed E-state index contributed by atoms with van der Waals surface area (Å²) in [6.07, 6.45) is 1.72. The lowest BCUT2D eigenvalue weighted by molar-refractivity contribution is -0.704. The van der Waals surface area contributed by atoms with Crippen molar-refractivity contribution in [1.82, 2.24) is 4.98 Å². The molecule has 4 aromatic rings. The smallest absolute Gasteiger partial charge is 0.170 e. The Labute approximate surface area is 173 Å². The van der Waals surface area contributed by atoms with Crippen LogP contribution >= 0.6 is 11.3 Å². The monoisotopic (exact) mass is 407 g/mol. The fourth-order valence-corrected chi connectivity index (χ4v) is 4.22. The standard InChI is InChI=1S/C23H22N2O3S/c1-26-20-11-6-10-18(22(20)27-2)23-25-17(15-29-23)14-24-21(19-12-7-13-28-19)16-8-4-3-5-9-16/h3-13,15,21,24H,14H2,1-2H3/p+1/t21-/m0/s1. The number of para-hydroxylation sites is 1. The Hall–Kier alpha value is -3.09. The molecular weight excluding hydrogens is 384 g/mol. The van der Waals surface area contributed by atoms with Gasteiger partial charge >= 0.3 is 0 Å². The number of hydrogen-bond acceptors (Lipinski definition) is 5. The fourth-order valence-electron chi connectivity index (χ4n) is 3.36. The maximum absolute atomic E-state index is 5.69. The van der Waals surface area contributed by atoms with E-state index in [1.165, 1.54) is 5.56 Å². The van der Waals surface area contributed by atoms with Gasteiger partial charge in [-0.15, -0.1) is 11.3 Å². The van der Waals surface area contributed by atoms with E-state index in [9.17, 15) is 0 Å². The third-order valence-electron chi connectivity index (χ3n) is 4.76. The molecule has 29 heavy (non-hydrogen) atoms. The van der Waals surface area contributed by atoms with Crippen LogP contribution in [0.25, 0.3) is 10.6 Å². The number of aromatic nitrogens is 1. The van der Waals surface area contributed by atoms with Gasteiger partial charge in [-0.25, -0.2) is 4.98 Å². The van der Waals surface area contributed by atoms with E-state index in [2.05, 4.69) is 35.0 Å². The van der Waals surface area contributed by atoms with Gasteiger partial charge in [0, 0.05) is 10.9 Å². The van der Waals surface area contributed by atoms with E-state index in [0.29, 0.717) is 11.5 Å². The largest absolute Gasteiger partial charge is 0.493 e. The lowest BCUT2D eigenvalue weighted by Crippen LogP contribution is -2.83. The van der Waals surface area contributed by atoms with Crippen LogP contribution < -0.4 is 14.8 Å². The molecule has 1 atom stereocenters. The molecule has 0 bridgehead atoms. The zero-order chi connectivity index (χ0) is 20.1. The Morgan fingerprint density at radius 1 is 1.00 bits per heavy atom. The minimum atomic E-state index is 0.0858. The maximum Gasteiger partial charge on any atom is 0.170 e. The highest BCUT2D eigenvalue weighted by atomic mass is 32.1. The minimum Gasteiger partial charge on any atom is -0.493 e. The van der Waals surface area contributed by atoms with Crippen LogP contribution in [0, 0.1) is 0 Å². The number of nitrogens with two attached hydrogens (primary N) is 1. The molecule has 2 aromatic heterocycles. The molecule has 4 rings (SSSR count). The SMILES string of the molecule is COc1cccc(-c2nc(C[NH2+][C@@H](c3ccccc3)c3ccco3)cs2)c1OC. The van der Waals surface area contributed by atoms with Crippen LogP contribution in [0.3, 0.4) is 0 Å². The van der Waals surface area contributed by atoms with Gasteiger partial charge in [0.15, 0.2) is 23.3 Å². The van der Waals surface area contributed by atoms with Crippen LogP contribution in [0.1, 0.15) is 23.1 Å². The molecule has 0 aliphatic carbocycles. The summed E-state index contributed by atoms with van der Waals surface area (Å²) >= 11 is 1.61. The van der Waals surface area contributed by atoms with E-state index in [4.69, 9.17) is 18.9 Å². The van der Waals surface area contributed by atoms with Gasteiger partial charge in [-0.3, -0.25) is 0 Å². The molecule has 5 nitrogen and oxygen atoms in total. The molecule has 0 fully saturated rings. The zero-order valence-corrected chi connectivity index (χ0v) is 17.2. The molecule has 0 spiro atoms. The molecule has 6 heteroatoms. The predicted octanol–water partition coefficient (Wildman–Crippen LogP) is 4.27. The van der Waals surface area contributed by atoms with Crippen molar-refractivity contribution in [1.29, 1.82) is 0 Å². The number of furan rings is 1. The Morgan fingerprint density at radius 2 is 1.86 bits per heavy atom. The quantitative estimate of drug-likeness (QED) is 0.474. The summed E-state index contributed by atoms with van der Waals surface area (Å²) in [4.78, 5) is 4.83. The maximum atomic E-state index is 5.69. The average Bonchev–Trinajstić information content (AvgIpc) is 3.46. The van der Waals surface area contributed by atoms with Crippen molar-refractivity contribution in [3.8, 4) is 22.1 Å². The molecule has 0 saturated heterocycles. The van der Waals surface area contributed by atoms with Crippen molar-refractivity contribution >= 4 is 11.3 Å². The van der Waals surface area contributed by atoms with E-state index in [0.717, 1.165) is 28.6 Å². The van der Waals surface area contributed by atoms with Crippen LogP contribution in [0.5, 0.6) is 11.5 Å². The Morgan fingerprint density at radius 3 is 2.59 bits per heavy atom. The van der Waals surface area contributed by atoms with Gasteiger partial charge in [0.2, 0.25) is 0 Å². The van der Waals surface area contributed by atoms with Crippen LogP contribution in [-0.4, -0.2) is 19.2 Å².